The molecule has 0 saturated carbocycles. The van der Waals surface area contributed by atoms with Crippen molar-refractivity contribution in [1.82, 2.24) is 10.0 Å². The Morgan fingerprint density at radius 3 is 2.36 bits per heavy atom. The number of sulfonamides is 1. The van der Waals surface area contributed by atoms with Crippen LogP contribution in [0.5, 0.6) is 5.75 Å². The zero-order chi connectivity index (χ0) is 17.9. The molecule has 3 rings (SSSR count). The molecule has 0 spiro atoms. The average molecular weight is 359 g/mol. The molecule has 0 aromatic heterocycles. The Hall–Kier alpha value is -2.38. The third-order valence-corrected chi connectivity index (χ3v) is 5.48. The number of nitrogens with one attached hydrogen (secondary N) is 2. The SMILES string of the molecule is COc1ccc([C@@H]2CN=C(NS(=O)(=O)c3ccc(C)cc3)CN2)cc1. The van der Waals surface area contributed by atoms with Crippen LogP contribution >= 0.6 is 0 Å². The summed E-state index contributed by atoms with van der Waals surface area (Å²) in [7, 11) is -1.98. The van der Waals surface area contributed by atoms with Crippen molar-refractivity contribution in [3.63, 3.8) is 0 Å². The van der Waals surface area contributed by atoms with Crippen molar-refractivity contribution in [3.8, 4) is 5.75 Å². The number of hydrogen-bond acceptors (Lipinski definition) is 5. The molecule has 132 valence electrons. The van der Waals surface area contributed by atoms with Gasteiger partial charge in [-0.05, 0) is 36.8 Å². The van der Waals surface area contributed by atoms with Gasteiger partial charge in [-0.15, -0.1) is 0 Å². The molecular formula is C18H21N3O3S. The smallest absolute Gasteiger partial charge is 0.262 e. The second kappa shape index (κ2) is 7.25. The summed E-state index contributed by atoms with van der Waals surface area (Å²) in [5.41, 5.74) is 2.10. The van der Waals surface area contributed by atoms with Gasteiger partial charge in [-0.1, -0.05) is 29.8 Å². The summed E-state index contributed by atoms with van der Waals surface area (Å²) in [6.07, 6.45) is 0. The lowest BCUT2D eigenvalue weighted by atomic mass is 10.1. The third kappa shape index (κ3) is 4.18. The Morgan fingerprint density at radius 1 is 1.12 bits per heavy atom. The van der Waals surface area contributed by atoms with Crippen LogP contribution in [0.1, 0.15) is 17.2 Å². The maximum Gasteiger partial charge on any atom is 0.262 e. The third-order valence-electron chi connectivity index (χ3n) is 4.08. The molecule has 7 heteroatoms. The predicted molar refractivity (Wildman–Crippen MR) is 97.5 cm³/mol. The van der Waals surface area contributed by atoms with E-state index in [2.05, 4.69) is 15.0 Å². The lowest BCUT2D eigenvalue weighted by molar-refractivity contribution is 0.414. The zero-order valence-corrected chi connectivity index (χ0v) is 15.0. The maximum atomic E-state index is 12.4. The average Bonchev–Trinajstić information content (AvgIpc) is 2.62. The molecule has 0 unspecified atom stereocenters. The topological polar surface area (TPSA) is 79.8 Å². The molecule has 2 N–H and O–H groups in total. The number of amidine groups is 1. The highest BCUT2D eigenvalue weighted by atomic mass is 32.2. The molecule has 2 aromatic carbocycles. The predicted octanol–water partition coefficient (Wildman–Crippen LogP) is 2.02. The molecule has 1 aliphatic rings. The summed E-state index contributed by atoms with van der Waals surface area (Å²) >= 11 is 0. The molecule has 1 aliphatic heterocycles. The van der Waals surface area contributed by atoms with Crippen LogP contribution in [0.25, 0.3) is 0 Å². The minimum atomic E-state index is -3.61. The first-order chi connectivity index (χ1) is 12.0. The van der Waals surface area contributed by atoms with Crippen LogP contribution < -0.4 is 14.8 Å². The number of hydrogen-bond donors (Lipinski definition) is 2. The minimum absolute atomic E-state index is 0.0542. The number of aryl methyl sites for hydroxylation is 1. The van der Waals surface area contributed by atoms with E-state index in [-0.39, 0.29) is 10.9 Å². The fourth-order valence-corrected chi connectivity index (χ4v) is 3.66. The first-order valence-electron chi connectivity index (χ1n) is 7.98. The molecule has 0 radical (unpaired) electrons. The highest BCUT2D eigenvalue weighted by Gasteiger charge is 2.21. The Bertz CT molecular complexity index is 859. The minimum Gasteiger partial charge on any atom is -0.497 e. The highest BCUT2D eigenvalue weighted by Crippen LogP contribution is 2.19. The monoisotopic (exact) mass is 359 g/mol. The molecule has 0 saturated heterocycles. The van der Waals surface area contributed by atoms with E-state index in [0.717, 1.165) is 16.9 Å². The summed E-state index contributed by atoms with van der Waals surface area (Å²) in [5, 5.41) is 3.31. The number of benzene rings is 2. The first-order valence-corrected chi connectivity index (χ1v) is 9.46. The fourth-order valence-electron chi connectivity index (χ4n) is 2.60. The molecule has 25 heavy (non-hydrogen) atoms. The summed E-state index contributed by atoms with van der Waals surface area (Å²) < 4.78 is 32.5. The largest absolute Gasteiger partial charge is 0.497 e. The van der Waals surface area contributed by atoms with Gasteiger partial charge in [-0.2, -0.15) is 0 Å². The van der Waals surface area contributed by atoms with Gasteiger partial charge in [0, 0.05) is 0 Å². The lowest BCUT2D eigenvalue weighted by Crippen LogP contribution is -2.43. The number of methoxy groups -OCH3 is 1. The second-order valence-corrected chi connectivity index (χ2v) is 7.59. The van der Waals surface area contributed by atoms with Crippen LogP contribution in [0.15, 0.2) is 58.4 Å². The molecule has 0 fully saturated rings. The molecule has 0 aliphatic carbocycles. The van der Waals surface area contributed by atoms with Gasteiger partial charge in [0.2, 0.25) is 0 Å². The Labute approximate surface area is 148 Å². The highest BCUT2D eigenvalue weighted by molar-refractivity contribution is 7.90. The van der Waals surface area contributed by atoms with Crippen LogP contribution in [0, 0.1) is 6.92 Å². The molecular weight excluding hydrogens is 338 g/mol. The van der Waals surface area contributed by atoms with E-state index < -0.39 is 10.0 Å². The van der Waals surface area contributed by atoms with Gasteiger partial charge in [0.05, 0.1) is 31.1 Å². The number of ether oxygens (including phenoxy) is 1. The van der Waals surface area contributed by atoms with Gasteiger partial charge in [-0.25, -0.2) is 8.42 Å². The van der Waals surface area contributed by atoms with Crippen LogP contribution in [-0.2, 0) is 10.0 Å². The summed E-state index contributed by atoms with van der Waals surface area (Å²) in [6.45, 7) is 2.75. The van der Waals surface area contributed by atoms with Crippen molar-refractivity contribution < 1.29 is 13.2 Å². The van der Waals surface area contributed by atoms with Crippen molar-refractivity contribution in [3.05, 3.63) is 59.7 Å². The summed E-state index contributed by atoms with van der Waals surface area (Å²) in [5.74, 6) is 1.22. The lowest BCUT2D eigenvalue weighted by Gasteiger charge is -2.24. The van der Waals surface area contributed by atoms with Gasteiger partial charge < -0.3 is 10.1 Å². The van der Waals surface area contributed by atoms with Gasteiger partial charge in [0.1, 0.15) is 11.6 Å². The van der Waals surface area contributed by atoms with E-state index in [0.29, 0.717) is 18.9 Å². The van der Waals surface area contributed by atoms with E-state index >= 15 is 0 Å². The molecule has 0 amide bonds. The van der Waals surface area contributed by atoms with Gasteiger partial charge in [0.25, 0.3) is 10.0 Å². The summed E-state index contributed by atoms with van der Waals surface area (Å²) in [6, 6.07) is 14.5. The van der Waals surface area contributed by atoms with E-state index in [1.807, 2.05) is 31.2 Å². The Balaban J connectivity index is 1.67. The van der Waals surface area contributed by atoms with E-state index in [1.54, 1.807) is 31.4 Å². The van der Waals surface area contributed by atoms with Crippen LogP contribution in [0.3, 0.4) is 0 Å². The van der Waals surface area contributed by atoms with E-state index in [4.69, 9.17) is 4.74 Å². The Kier molecular flexibility index (Phi) is 5.06. The molecule has 6 nitrogen and oxygen atoms in total. The van der Waals surface area contributed by atoms with E-state index in [9.17, 15) is 8.42 Å². The van der Waals surface area contributed by atoms with Gasteiger partial charge in [-0.3, -0.25) is 9.71 Å². The number of rotatable bonds is 4. The first kappa shape index (κ1) is 17.4. The maximum absolute atomic E-state index is 12.4. The van der Waals surface area contributed by atoms with Crippen molar-refractivity contribution in [2.24, 2.45) is 4.99 Å². The molecule has 1 heterocycles. The normalized spacial score (nSPS) is 17.7. The standard InChI is InChI=1S/C18H21N3O3S/c1-13-3-9-16(10-4-13)25(22,23)21-18-12-19-17(11-20-18)14-5-7-15(24-2)8-6-14/h3-10,17,19H,11-12H2,1-2H3,(H,20,21)/t17-/m0/s1. The van der Waals surface area contributed by atoms with Crippen LogP contribution in [0.4, 0.5) is 0 Å². The van der Waals surface area contributed by atoms with Crippen molar-refractivity contribution >= 4 is 15.9 Å². The second-order valence-electron chi connectivity index (χ2n) is 5.91. The zero-order valence-electron chi connectivity index (χ0n) is 14.2. The quantitative estimate of drug-likeness (QED) is 0.875. The number of aliphatic imine (C=N–C) groups is 1. The van der Waals surface area contributed by atoms with Crippen molar-refractivity contribution in [1.29, 1.82) is 0 Å². The molecule has 2 aromatic rings. The van der Waals surface area contributed by atoms with Crippen LogP contribution in [0.2, 0.25) is 0 Å². The molecule has 0 bridgehead atoms. The number of nitrogens with zero attached hydrogens (tertiary/aromatic N) is 1. The van der Waals surface area contributed by atoms with Crippen molar-refractivity contribution in [2.75, 3.05) is 20.2 Å². The van der Waals surface area contributed by atoms with Gasteiger partial charge in [0.15, 0.2) is 0 Å². The fraction of sp³-hybridized carbons (Fsp3) is 0.278. The van der Waals surface area contributed by atoms with Crippen LogP contribution in [-0.4, -0.2) is 34.5 Å². The van der Waals surface area contributed by atoms with Crippen molar-refractivity contribution in [2.45, 2.75) is 17.9 Å². The summed E-state index contributed by atoms with van der Waals surface area (Å²) in [4.78, 5) is 4.63. The molecule has 1 atom stereocenters. The Morgan fingerprint density at radius 2 is 1.80 bits per heavy atom. The van der Waals surface area contributed by atoms with E-state index in [1.165, 1.54) is 0 Å². The van der Waals surface area contributed by atoms with Gasteiger partial charge >= 0.3 is 0 Å².